The minimum absolute atomic E-state index is 0.0359. The highest BCUT2D eigenvalue weighted by molar-refractivity contribution is 7.09. The maximum atomic E-state index is 12.0. The molecule has 0 radical (unpaired) electrons. The summed E-state index contributed by atoms with van der Waals surface area (Å²) in [4.78, 5) is 16.3. The largest absolute Gasteiger partial charge is 0.350 e. The van der Waals surface area contributed by atoms with E-state index in [1.54, 1.807) is 11.3 Å². The Morgan fingerprint density at radius 2 is 2.22 bits per heavy atom. The summed E-state index contributed by atoms with van der Waals surface area (Å²) in [6.07, 6.45) is 0.913. The number of nitrogens with one attached hydrogen (secondary N) is 2. The first-order valence-electron chi connectivity index (χ1n) is 6.30. The van der Waals surface area contributed by atoms with E-state index in [-0.39, 0.29) is 17.5 Å². The van der Waals surface area contributed by atoms with E-state index in [9.17, 15) is 4.79 Å². The highest BCUT2D eigenvalue weighted by Gasteiger charge is 2.21. The molecule has 1 aromatic heterocycles. The summed E-state index contributed by atoms with van der Waals surface area (Å²) >= 11 is 1.63. The van der Waals surface area contributed by atoms with Gasteiger partial charge in [-0.1, -0.05) is 6.92 Å². The Bertz CT molecular complexity index is 401. The number of carbonyl (C=O) groups is 1. The van der Waals surface area contributed by atoms with E-state index >= 15 is 0 Å². The molecule has 1 heterocycles. The number of thiazole rings is 1. The Balaban J connectivity index is 2.41. The van der Waals surface area contributed by atoms with Crippen LogP contribution in [-0.2, 0) is 11.3 Å². The topological polar surface area (TPSA) is 54.0 Å². The summed E-state index contributed by atoms with van der Waals surface area (Å²) in [5.41, 5.74) is 0.844. The first-order valence-corrected chi connectivity index (χ1v) is 7.18. The van der Waals surface area contributed by atoms with Crippen molar-refractivity contribution in [2.24, 2.45) is 0 Å². The van der Waals surface area contributed by atoms with Gasteiger partial charge in [-0.15, -0.1) is 11.3 Å². The summed E-state index contributed by atoms with van der Waals surface area (Å²) < 4.78 is 0. The average Bonchev–Trinajstić information content (AvgIpc) is 2.71. The molecule has 1 rings (SSSR count). The fourth-order valence-corrected chi connectivity index (χ4v) is 1.98. The summed E-state index contributed by atoms with van der Waals surface area (Å²) in [6, 6.07) is -0.210. The van der Waals surface area contributed by atoms with Gasteiger partial charge in [0.1, 0.15) is 0 Å². The number of nitrogens with zero attached hydrogens (tertiary/aromatic N) is 1. The van der Waals surface area contributed by atoms with Gasteiger partial charge in [0.25, 0.3) is 0 Å². The third kappa shape index (κ3) is 4.74. The smallest absolute Gasteiger partial charge is 0.237 e. The molecule has 5 heteroatoms. The number of aromatic nitrogens is 1. The molecular formula is C13H23N3OS. The molecule has 0 aliphatic carbocycles. The van der Waals surface area contributed by atoms with Gasteiger partial charge in [0.05, 0.1) is 16.7 Å². The van der Waals surface area contributed by atoms with E-state index in [0.717, 1.165) is 17.1 Å². The van der Waals surface area contributed by atoms with Gasteiger partial charge >= 0.3 is 0 Å². The van der Waals surface area contributed by atoms with Crippen LogP contribution in [0, 0.1) is 6.92 Å². The van der Waals surface area contributed by atoms with Crippen LogP contribution in [0.25, 0.3) is 0 Å². The SMILES string of the molecule is CCC(C)(C)NC(=O)C(C)NCc1csc(C)n1. The number of aryl methyl sites for hydroxylation is 1. The lowest BCUT2D eigenvalue weighted by atomic mass is 10.0. The Hall–Kier alpha value is -0.940. The highest BCUT2D eigenvalue weighted by atomic mass is 32.1. The van der Waals surface area contributed by atoms with Crippen molar-refractivity contribution in [1.82, 2.24) is 15.6 Å². The number of hydrogen-bond donors (Lipinski definition) is 2. The van der Waals surface area contributed by atoms with E-state index in [2.05, 4.69) is 22.5 Å². The summed E-state index contributed by atoms with van der Waals surface area (Å²) in [5, 5.41) is 9.29. The van der Waals surface area contributed by atoms with Gasteiger partial charge < -0.3 is 10.6 Å². The predicted octanol–water partition coefficient (Wildman–Crippen LogP) is 2.23. The van der Waals surface area contributed by atoms with Crippen molar-refractivity contribution in [3.63, 3.8) is 0 Å². The van der Waals surface area contributed by atoms with Crippen LogP contribution in [0.4, 0.5) is 0 Å². The molecule has 0 aliphatic rings. The summed E-state index contributed by atoms with van der Waals surface area (Å²) in [6.45, 7) is 10.6. The van der Waals surface area contributed by atoms with Crippen LogP contribution in [0.15, 0.2) is 5.38 Å². The first kappa shape index (κ1) is 15.1. The van der Waals surface area contributed by atoms with Crippen LogP contribution in [0.3, 0.4) is 0 Å². The van der Waals surface area contributed by atoms with Gasteiger partial charge in [0.15, 0.2) is 0 Å². The van der Waals surface area contributed by atoms with Crippen LogP contribution in [0.1, 0.15) is 44.8 Å². The maximum absolute atomic E-state index is 12.0. The Labute approximate surface area is 113 Å². The highest BCUT2D eigenvalue weighted by Crippen LogP contribution is 2.09. The van der Waals surface area contributed by atoms with Gasteiger partial charge in [-0.05, 0) is 34.1 Å². The van der Waals surface area contributed by atoms with Crippen molar-refractivity contribution in [3.8, 4) is 0 Å². The van der Waals surface area contributed by atoms with Gasteiger partial charge in [-0.25, -0.2) is 4.98 Å². The second-order valence-electron chi connectivity index (χ2n) is 5.19. The third-order valence-electron chi connectivity index (χ3n) is 2.99. The maximum Gasteiger partial charge on any atom is 0.237 e. The molecule has 0 bridgehead atoms. The fourth-order valence-electron chi connectivity index (χ4n) is 1.37. The minimum atomic E-state index is -0.210. The molecule has 4 nitrogen and oxygen atoms in total. The zero-order chi connectivity index (χ0) is 13.8. The van der Waals surface area contributed by atoms with E-state index in [4.69, 9.17) is 0 Å². The first-order chi connectivity index (χ1) is 8.34. The zero-order valence-corrected chi connectivity index (χ0v) is 12.6. The van der Waals surface area contributed by atoms with Crippen molar-refractivity contribution in [1.29, 1.82) is 0 Å². The summed E-state index contributed by atoms with van der Waals surface area (Å²) in [5.74, 6) is 0.0359. The van der Waals surface area contributed by atoms with E-state index < -0.39 is 0 Å². The van der Waals surface area contributed by atoms with E-state index in [0.29, 0.717) is 6.54 Å². The standard InChI is InChI=1S/C13H23N3OS/c1-6-13(4,5)16-12(17)9(2)14-7-11-8-18-10(3)15-11/h8-9,14H,6-7H2,1-5H3,(H,16,17). The monoisotopic (exact) mass is 269 g/mol. The average molecular weight is 269 g/mol. The van der Waals surface area contributed by atoms with Gasteiger partial charge in [-0.2, -0.15) is 0 Å². The zero-order valence-electron chi connectivity index (χ0n) is 11.8. The lowest BCUT2D eigenvalue weighted by Gasteiger charge is -2.26. The third-order valence-corrected chi connectivity index (χ3v) is 3.82. The van der Waals surface area contributed by atoms with Gasteiger partial charge in [-0.3, -0.25) is 4.79 Å². The van der Waals surface area contributed by atoms with Crippen molar-refractivity contribution in [2.75, 3.05) is 0 Å². The molecule has 0 fully saturated rings. The van der Waals surface area contributed by atoms with E-state index in [1.165, 1.54) is 0 Å². The fraction of sp³-hybridized carbons (Fsp3) is 0.692. The predicted molar refractivity (Wildman–Crippen MR) is 75.7 cm³/mol. The van der Waals surface area contributed by atoms with Crippen molar-refractivity contribution < 1.29 is 4.79 Å². The normalized spacial score (nSPS) is 13.4. The minimum Gasteiger partial charge on any atom is -0.350 e. The molecule has 0 saturated heterocycles. The molecule has 1 atom stereocenters. The molecule has 2 N–H and O–H groups in total. The van der Waals surface area contributed by atoms with Crippen LogP contribution in [-0.4, -0.2) is 22.5 Å². The lowest BCUT2D eigenvalue weighted by Crippen LogP contribution is -2.50. The van der Waals surface area contributed by atoms with Crippen LogP contribution in [0.5, 0.6) is 0 Å². The molecule has 102 valence electrons. The second kappa shape index (κ2) is 6.29. The lowest BCUT2D eigenvalue weighted by molar-refractivity contribution is -0.124. The van der Waals surface area contributed by atoms with Crippen LogP contribution < -0.4 is 10.6 Å². The molecule has 1 aromatic rings. The van der Waals surface area contributed by atoms with E-state index in [1.807, 2.05) is 33.1 Å². The quantitative estimate of drug-likeness (QED) is 0.832. The molecule has 1 unspecified atom stereocenters. The van der Waals surface area contributed by atoms with Gasteiger partial charge in [0.2, 0.25) is 5.91 Å². The van der Waals surface area contributed by atoms with Crippen molar-refractivity contribution in [2.45, 2.75) is 59.2 Å². The molecule has 0 saturated carbocycles. The molecule has 18 heavy (non-hydrogen) atoms. The van der Waals surface area contributed by atoms with Crippen LogP contribution >= 0.6 is 11.3 Å². The number of rotatable bonds is 6. The Morgan fingerprint density at radius 1 is 1.56 bits per heavy atom. The number of amides is 1. The van der Waals surface area contributed by atoms with Gasteiger partial charge in [0, 0.05) is 17.5 Å². The number of carbonyl (C=O) groups excluding carboxylic acids is 1. The Morgan fingerprint density at radius 3 is 2.72 bits per heavy atom. The second-order valence-corrected chi connectivity index (χ2v) is 6.25. The van der Waals surface area contributed by atoms with Crippen molar-refractivity contribution >= 4 is 17.2 Å². The molecular weight excluding hydrogens is 246 g/mol. The molecule has 0 aromatic carbocycles. The van der Waals surface area contributed by atoms with Crippen molar-refractivity contribution in [3.05, 3.63) is 16.1 Å². The molecule has 0 aliphatic heterocycles. The van der Waals surface area contributed by atoms with Crippen LogP contribution in [0.2, 0.25) is 0 Å². The Kier molecular flexibility index (Phi) is 5.28. The number of hydrogen-bond acceptors (Lipinski definition) is 4. The molecule has 0 spiro atoms. The summed E-state index contributed by atoms with van der Waals surface area (Å²) in [7, 11) is 0. The molecule has 1 amide bonds.